The first kappa shape index (κ1) is 13.3. The number of H-pyrrole nitrogens is 1. The second-order valence-corrected chi connectivity index (χ2v) is 4.31. The maximum atomic E-state index is 11.7. The van der Waals surface area contributed by atoms with Crippen LogP contribution in [0.3, 0.4) is 0 Å². The Morgan fingerprint density at radius 2 is 2.42 bits per heavy atom. The zero-order valence-electron chi connectivity index (χ0n) is 10.2. The van der Waals surface area contributed by atoms with E-state index >= 15 is 0 Å². The lowest BCUT2D eigenvalue weighted by atomic mass is 10.1. The standard InChI is InChI=1S/C10H13N5O4/c1-15-3-5(9(17)12-10(15)18)7-2-6(13-14-11)8(4-16)19-7/h3,6-8,16H,2,4H2,1H3,(H,12,17,18)/t6?,7-,8?/m1/s1. The van der Waals surface area contributed by atoms with Crippen molar-refractivity contribution in [3.63, 3.8) is 0 Å². The summed E-state index contributed by atoms with van der Waals surface area (Å²) >= 11 is 0. The zero-order chi connectivity index (χ0) is 14.0. The fraction of sp³-hybridized carbons (Fsp3) is 0.600. The molecule has 0 saturated carbocycles. The van der Waals surface area contributed by atoms with Crippen molar-refractivity contribution in [3.05, 3.63) is 43.0 Å². The minimum Gasteiger partial charge on any atom is -0.394 e. The van der Waals surface area contributed by atoms with E-state index in [4.69, 9.17) is 15.4 Å². The minimum absolute atomic E-state index is 0.274. The van der Waals surface area contributed by atoms with Gasteiger partial charge in [-0.05, 0) is 12.0 Å². The first-order valence-electron chi connectivity index (χ1n) is 5.67. The summed E-state index contributed by atoms with van der Waals surface area (Å²) in [4.78, 5) is 27.8. The average molecular weight is 267 g/mol. The van der Waals surface area contributed by atoms with Gasteiger partial charge in [-0.15, -0.1) is 0 Å². The van der Waals surface area contributed by atoms with Crippen LogP contribution in [0, 0.1) is 0 Å². The molecule has 0 aromatic carbocycles. The first-order chi connectivity index (χ1) is 9.06. The number of ether oxygens (including phenoxy) is 1. The van der Waals surface area contributed by atoms with Crippen LogP contribution in [0.25, 0.3) is 10.4 Å². The van der Waals surface area contributed by atoms with Crippen LogP contribution < -0.4 is 11.2 Å². The van der Waals surface area contributed by atoms with Gasteiger partial charge in [0.15, 0.2) is 0 Å². The molecule has 9 heteroatoms. The summed E-state index contributed by atoms with van der Waals surface area (Å²) in [5.41, 5.74) is 7.66. The van der Waals surface area contributed by atoms with Crippen LogP contribution in [0.15, 0.2) is 20.9 Å². The average Bonchev–Trinajstić information content (AvgIpc) is 2.77. The van der Waals surface area contributed by atoms with E-state index in [2.05, 4.69) is 15.0 Å². The van der Waals surface area contributed by atoms with Crippen LogP contribution in [0.2, 0.25) is 0 Å². The van der Waals surface area contributed by atoms with Crippen molar-refractivity contribution in [2.45, 2.75) is 24.7 Å². The number of aryl methyl sites for hydroxylation is 1. The third kappa shape index (κ3) is 2.53. The van der Waals surface area contributed by atoms with Crippen molar-refractivity contribution in [1.29, 1.82) is 0 Å². The molecule has 1 saturated heterocycles. The van der Waals surface area contributed by atoms with Gasteiger partial charge >= 0.3 is 5.69 Å². The van der Waals surface area contributed by atoms with Gasteiger partial charge in [-0.2, -0.15) is 0 Å². The van der Waals surface area contributed by atoms with Crippen molar-refractivity contribution >= 4 is 0 Å². The number of aromatic amines is 1. The number of hydrogen-bond acceptors (Lipinski definition) is 5. The molecule has 2 unspecified atom stereocenters. The van der Waals surface area contributed by atoms with Crippen molar-refractivity contribution < 1.29 is 9.84 Å². The van der Waals surface area contributed by atoms with Crippen LogP contribution in [0.1, 0.15) is 18.1 Å². The highest BCUT2D eigenvalue weighted by Crippen LogP contribution is 2.32. The summed E-state index contributed by atoms with van der Waals surface area (Å²) in [5, 5.41) is 12.7. The monoisotopic (exact) mass is 267 g/mol. The van der Waals surface area contributed by atoms with E-state index in [-0.39, 0.29) is 18.6 Å². The van der Waals surface area contributed by atoms with Gasteiger partial charge in [0.2, 0.25) is 0 Å². The Balaban J connectivity index is 2.34. The maximum absolute atomic E-state index is 11.7. The van der Waals surface area contributed by atoms with Crippen molar-refractivity contribution in [2.75, 3.05) is 6.61 Å². The second-order valence-electron chi connectivity index (χ2n) is 4.31. The van der Waals surface area contributed by atoms with E-state index in [0.29, 0.717) is 0 Å². The summed E-state index contributed by atoms with van der Waals surface area (Å²) in [6, 6.07) is -0.531. The Labute approximate surface area is 107 Å². The Morgan fingerprint density at radius 1 is 1.68 bits per heavy atom. The molecule has 1 fully saturated rings. The summed E-state index contributed by atoms with van der Waals surface area (Å²) in [6.07, 6.45) is 0.427. The molecule has 2 heterocycles. The van der Waals surface area contributed by atoms with Gasteiger partial charge in [-0.25, -0.2) is 4.79 Å². The van der Waals surface area contributed by atoms with Gasteiger partial charge in [0.05, 0.1) is 30.4 Å². The number of azide groups is 1. The Bertz CT molecular complexity index is 630. The molecule has 0 amide bonds. The fourth-order valence-corrected chi connectivity index (χ4v) is 2.09. The molecule has 0 bridgehead atoms. The van der Waals surface area contributed by atoms with E-state index < -0.39 is 29.5 Å². The summed E-state index contributed by atoms with van der Waals surface area (Å²) < 4.78 is 6.72. The fourth-order valence-electron chi connectivity index (χ4n) is 2.09. The van der Waals surface area contributed by atoms with Gasteiger partial charge in [0.1, 0.15) is 0 Å². The number of nitrogens with one attached hydrogen (secondary N) is 1. The maximum Gasteiger partial charge on any atom is 0.328 e. The SMILES string of the molecule is Cn1cc([C@H]2CC(N=[N+]=[N-])C(CO)O2)c(=O)[nH]c1=O. The van der Waals surface area contributed by atoms with Crippen LogP contribution in [-0.2, 0) is 11.8 Å². The number of aliphatic hydroxyl groups is 1. The van der Waals surface area contributed by atoms with Gasteiger partial charge in [0.25, 0.3) is 5.56 Å². The lowest BCUT2D eigenvalue weighted by molar-refractivity contribution is 0.00637. The van der Waals surface area contributed by atoms with Crippen molar-refractivity contribution in [3.8, 4) is 0 Å². The van der Waals surface area contributed by atoms with E-state index in [1.54, 1.807) is 0 Å². The molecule has 0 radical (unpaired) electrons. The highest BCUT2D eigenvalue weighted by atomic mass is 16.5. The van der Waals surface area contributed by atoms with E-state index in [1.165, 1.54) is 17.8 Å². The number of aliphatic hydroxyl groups excluding tert-OH is 1. The molecule has 1 aliphatic rings. The van der Waals surface area contributed by atoms with Gasteiger partial charge in [-0.1, -0.05) is 5.11 Å². The molecule has 0 aliphatic carbocycles. The van der Waals surface area contributed by atoms with Crippen LogP contribution in [-0.4, -0.2) is 33.4 Å². The molecule has 3 atom stereocenters. The molecule has 2 N–H and O–H groups in total. The van der Waals surface area contributed by atoms with E-state index in [9.17, 15) is 9.59 Å². The third-order valence-electron chi connectivity index (χ3n) is 3.09. The molecular weight excluding hydrogens is 254 g/mol. The predicted octanol–water partition coefficient (Wildman–Crippen LogP) is -0.425. The molecule has 0 spiro atoms. The Kier molecular flexibility index (Phi) is 3.70. The second kappa shape index (κ2) is 5.27. The quantitative estimate of drug-likeness (QED) is 0.436. The molecule has 19 heavy (non-hydrogen) atoms. The molecular formula is C10H13N5O4. The minimum atomic E-state index is -0.641. The van der Waals surface area contributed by atoms with Crippen LogP contribution in [0.4, 0.5) is 0 Å². The Hall–Kier alpha value is -2.09. The lowest BCUT2D eigenvalue weighted by Gasteiger charge is -2.12. The van der Waals surface area contributed by atoms with E-state index in [0.717, 1.165) is 0 Å². The topological polar surface area (TPSA) is 133 Å². The van der Waals surface area contributed by atoms with Gasteiger partial charge in [0, 0.05) is 18.2 Å². The van der Waals surface area contributed by atoms with Crippen molar-refractivity contribution in [1.82, 2.24) is 9.55 Å². The number of hydrogen-bond donors (Lipinski definition) is 2. The van der Waals surface area contributed by atoms with Crippen LogP contribution in [0.5, 0.6) is 0 Å². The normalized spacial score (nSPS) is 26.1. The third-order valence-corrected chi connectivity index (χ3v) is 3.09. The highest BCUT2D eigenvalue weighted by molar-refractivity contribution is 5.12. The molecule has 9 nitrogen and oxygen atoms in total. The first-order valence-corrected chi connectivity index (χ1v) is 5.67. The van der Waals surface area contributed by atoms with Crippen molar-refractivity contribution in [2.24, 2.45) is 12.2 Å². The Morgan fingerprint density at radius 3 is 3.05 bits per heavy atom. The molecule has 1 aromatic heterocycles. The predicted molar refractivity (Wildman–Crippen MR) is 64.6 cm³/mol. The molecule has 102 valence electrons. The van der Waals surface area contributed by atoms with E-state index in [1.807, 2.05) is 0 Å². The number of rotatable bonds is 3. The summed E-state index contributed by atoms with van der Waals surface area (Å²) in [5.74, 6) is 0. The summed E-state index contributed by atoms with van der Waals surface area (Å²) in [6.45, 7) is -0.302. The summed E-state index contributed by atoms with van der Waals surface area (Å²) in [7, 11) is 1.51. The smallest absolute Gasteiger partial charge is 0.328 e. The lowest BCUT2D eigenvalue weighted by Crippen LogP contribution is -2.31. The van der Waals surface area contributed by atoms with Crippen LogP contribution >= 0.6 is 0 Å². The molecule has 2 rings (SSSR count). The highest BCUT2D eigenvalue weighted by Gasteiger charge is 2.36. The van der Waals surface area contributed by atoms with Gasteiger partial charge < -0.3 is 14.4 Å². The number of aromatic nitrogens is 2. The number of nitrogens with zero attached hydrogens (tertiary/aromatic N) is 4. The molecule has 1 aromatic rings. The zero-order valence-corrected chi connectivity index (χ0v) is 10.2. The molecule has 1 aliphatic heterocycles. The largest absolute Gasteiger partial charge is 0.394 e. The van der Waals surface area contributed by atoms with Gasteiger partial charge in [-0.3, -0.25) is 9.78 Å².